The summed E-state index contributed by atoms with van der Waals surface area (Å²) in [5, 5.41) is 3.56. The van der Waals surface area contributed by atoms with Crippen LogP contribution in [0.15, 0.2) is 0 Å². The predicted molar refractivity (Wildman–Crippen MR) is 65.8 cm³/mol. The first-order valence-electron chi connectivity index (χ1n) is 6.18. The summed E-state index contributed by atoms with van der Waals surface area (Å²) in [7, 11) is 0. The second-order valence-electron chi connectivity index (χ2n) is 4.53. The average Bonchev–Trinajstić information content (AvgIpc) is 2.27. The van der Waals surface area contributed by atoms with Crippen LogP contribution in [0.2, 0.25) is 0 Å². The van der Waals surface area contributed by atoms with Gasteiger partial charge in [-0.25, -0.2) is 0 Å². The Labute approximate surface area is 94.4 Å². The molecule has 2 nitrogen and oxygen atoms in total. The van der Waals surface area contributed by atoms with Crippen LogP contribution in [0.5, 0.6) is 0 Å². The van der Waals surface area contributed by atoms with E-state index in [9.17, 15) is 0 Å². The Morgan fingerprint density at radius 2 is 2.27 bits per heavy atom. The number of hydrogen-bond donors (Lipinski definition) is 1. The lowest BCUT2D eigenvalue weighted by atomic mass is 10.0. The van der Waals surface area contributed by atoms with Crippen molar-refractivity contribution in [3.8, 4) is 12.3 Å². The smallest absolute Gasteiger partial charge is 0.0715 e. The van der Waals surface area contributed by atoms with E-state index in [0.29, 0.717) is 18.1 Å². The molecule has 0 aromatic heterocycles. The molecule has 0 amide bonds. The molecule has 0 aromatic carbocycles. The van der Waals surface area contributed by atoms with Gasteiger partial charge in [0.25, 0.3) is 0 Å². The van der Waals surface area contributed by atoms with Gasteiger partial charge in [-0.2, -0.15) is 0 Å². The lowest BCUT2D eigenvalue weighted by Crippen LogP contribution is -2.58. The van der Waals surface area contributed by atoms with E-state index < -0.39 is 0 Å². The fourth-order valence-electron chi connectivity index (χ4n) is 2.28. The molecule has 86 valence electrons. The van der Waals surface area contributed by atoms with Gasteiger partial charge < -0.3 is 5.32 Å². The topological polar surface area (TPSA) is 15.3 Å². The summed E-state index contributed by atoms with van der Waals surface area (Å²) in [4.78, 5) is 2.49. The fraction of sp³-hybridized carbons (Fsp3) is 0.846. The van der Waals surface area contributed by atoms with E-state index in [2.05, 4.69) is 36.9 Å². The molecule has 1 rings (SSSR count). The van der Waals surface area contributed by atoms with E-state index in [-0.39, 0.29) is 0 Å². The molecule has 0 bridgehead atoms. The lowest BCUT2D eigenvalue weighted by Gasteiger charge is -2.41. The maximum absolute atomic E-state index is 5.63. The van der Waals surface area contributed by atoms with Gasteiger partial charge in [0.1, 0.15) is 0 Å². The van der Waals surface area contributed by atoms with Gasteiger partial charge in [0.05, 0.1) is 6.04 Å². The van der Waals surface area contributed by atoms with Crippen LogP contribution in [-0.2, 0) is 0 Å². The van der Waals surface area contributed by atoms with Gasteiger partial charge >= 0.3 is 0 Å². The zero-order chi connectivity index (χ0) is 11.3. The number of piperazine rings is 1. The molecule has 0 spiro atoms. The van der Waals surface area contributed by atoms with Crippen LogP contribution in [0.4, 0.5) is 0 Å². The van der Waals surface area contributed by atoms with Crippen LogP contribution >= 0.6 is 0 Å². The van der Waals surface area contributed by atoms with Crippen LogP contribution in [0.1, 0.15) is 40.0 Å². The standard InChI is InChI=1S/C13H24N2/c1-5-8-13(7-3)15-10-12(6-2)14-9-11(15)4/h3,11-14H,5-6,8-10H2,1-2,4H3. The molecule has 0 aromatic rings. The summed E-state index contributed by atoms with van der Waals surface area (Å²) in [5.74, 6) is 2.95. The highest BCUT2D eigenvalue weighted by Crippen LogP contribution is 2.15. The van der Waals surface area contributed by atoms with Crippen molar-refractivity contribution < 1.29 is 0 Å². The Balaban J connectivity index is 2.59. The predicted octanol–water partition coefficient (Wildman–Crippen LogP) is 1.86. The molecule has 1 heterocycles. The maximum atomic E-state index is 5.63. The number of hydrogen-bond acceptors (Lipinski definition) is 2. The molecule has 3 atom stereocenters. The number of terminal acetylenes is 1. The average molecular weight is 208 g/mol. The van der Waals surface area contributed by atoms with Gasteiger partial charge in [-0.3, -0.25) is 4.90 Å². The summed E-state index contributed by atoms with van der Waals surface area (Å²) in [6.45, 7) is 8.87. The van der Waals surface area contributed by atoms with Crippen molar-refractivity contribution in [1.29, 1.82) is 0 Å². The molecule has 1 N–H and O–H groups in total. The molecular weight excluding hydrogens is 184 g/mol. The molecule has 1 aliphatic heterocycles. The highest BCUT2D eigenvalue weighted by molar-refractivity contribution is 5.03. The van der Waals surface area contributed by atoms with E-state index in [1.54, 1.807) is 0 Å². The molecule has 0 radical (unpaired) electrons. The molecule has 2 heteroatoms. The molecule has 15 heavy (non-hydrogen) atoms. The largest absolute Gasteiger partial charge is 0.311 e. The third-order valence-corrected chi connectivity index (χ3v) is 3.35. The SMILES string of the molecule is C#CC(CCC)N1CC(CC)NCC1C. The quantitative estimate of drug-likeness (QED) is 0.709. The van der Waals surface area contributed by atoms with Gasteiger partial charge in [-0.15, -0.1) is 6.42 Å². The van der Waals surface area contributed by atoms with Gasteiger partial charge in [0, 0.05) is 25.2 Å². The van der Waals surface area contributed by atoms with E-state index in [1.807, 2.05) is 0 Å². The molecular formula is C13H24N2. The van der Waals surface area contributed by atoms with Crippen molar-refractivity contribution in [3.05, 3.63) is 0 Å². The van der Waals surface area contributed by atoms with Crippen molar-refractivity contribution in [2.45, 2.75) is 58.2 Å². The minimum atomic E-state index is 0.334. The van der Waals surface area contributed by atoms with Crippen molar-refractivity contribution >= 4 is 0 Å². The highest BCUT2D eigenvalue weighted by Gasteiger charge is 2.28. The fourth-order valence-corrected chi connectivity index (χ4v) is 2.28. The summed E-state index contributed by atoms with van der Waals surface area (Å²) >= 11 is 0. The van der Waals surface area contributed by atoms with Crippen molar-refractivity contribution in [1.82, 2.24) is 10.2 Å². The Hall–Kier alpha value is -0.520. The summed E-state index contributed by atoms with van der Waals surface area (Å²) in [5.41, 5.74) is 0. The van der Waals surface area contributed by atoms with Gasteiger partial charge in [0.2, 0.25) is 0 Å². The van der Waals surface area contributed by atoms with E-state index >= 15 is 0 Å². The van der Waals surface area contributed by atoms with E-state index in [0.717, 1.165) is 19.5 Å². The van der Waals surface area contributed by atoms with E-state index in [4.69, 9.17) is 6.42 Å². The minimum absolute atomic E-state index is 0.334. The third-order valence-electron chi connectivity index (χ3n) is 3.35. The zero-order valence-corrected chi connectivity index (χ0v) is 10.3. The Kier molecular flexibility index (Phi) is 5.14. The maximum Gasteiger partial charge on any atom is 0.0715 e. The number of nitrogens with zero attached hydrogens (tertiary/aromatic N) is 1. The summed E-state index contributed by atoms with van der Waals surface area (Å²) in [6.07, 6.45) is 9.11. The van der Waals surface area contributed by atoms with Crippen LogP contribution in [0.25, 0.3) is 0 Å². The number of rotatable bonds is 4. The molecule has 3 unspecified atom stereocenters. The van der Waals surface area contributed by atoms with Gasteiger partial charge in [-0.05, 0) is 19.8 Å². The van der Waals surface area contributed by atoms with Crippen LogP contribution in [0, 0.1) is 12.3 Å². The normalized spacial score (nSPS) is 29.7. The lowest BCUT2D eigenvalue weighted by molar-refractivity contribution is 0.110. The summed E-state index contributed by atoms with van der Waals surface area (Å²) < 4.78 is 0. The molecule has 0 saturated carbocycles. The zero-order valence-electron chi connectivity index (χ0n) is 10.3. The Bertz CT molecular complexity index is 219. The first kappa shape index (κ1) is 12.5. The van der Waals surface area contributed by atoms with Crippen molar-refractivity contribution in [2.75, 3.05) is 13.1 Å². The summed E-state index contributed by atoms with van der Waals surface area (Å²) in [6, 6.07) is 1.52. The first-order chi connectivity index (χ1) is 7.22. The van der Waals surface area contributed by atoms with Crippen molar-refractivity contribution in [2.24, 2.45) is 0 Å². The highest BCUT2D eigenvalue weighted by atomic mass is 15.2. The van der Waals surface area contributed by atoms with E-state index in [1.165, 1.54) is 12.8 Å². The first-order valence-corrected chi connectivity index (χ1v) is 6.18. The number of nitrogens with one attached hydrogen (secondary N) is 1. The third kappa shape index (κ3) is 3.22. The second-order valence-corrected chi connectivity index (χ2v) is 4.53. The Morgan fingerprint density at radius 1 is 1.53 bits per heavy atom. The van der Waals surface area contributed by atoms with Gasteiger partial charge in [-0.1, -0.05) is 26.2 Å². The minimum Gasteiger partial charge on any atom is -0.311 e. The molecule has 1 aliphatic rings. The second kappa shape index (κ2) is 6.15. The molecule has 1 saturated heterocycles. The van der Waals surface area contributed by atoms with Crippen molar-refractivity contribution in [3.63, 3.8) is 0 Å². The van der Waals surface area contributed by atoms with Crippen LogP contribution in [0.3, 0.4) is 0 Å². The molecule has 1 fully saturated rings. The van der Waals surface area contributed by atoms with Crippen LogP contribution in [-0.4, -0.2) is 36.1 Å². The molecule has 0 aliphatic carbocycles. The monoisotopic (exact) mass is 208 g/mol. The van der Waals surface area contributed by atoms with Gasteiger partial charge in [0.15, 0.2) is 0 Å². The van der Waals surface area contributed by atoms with Crippen LogP contribution < -0.4 is 5.32 Å². The Morgan fingerprint density at radius 3 is 2.80 bits per heavy atom.